The van der Waals surface area contributed by atoms with Gasteiger partial charge < -0.3 is 10.6 Å². The van der Waals surface area contributed by atoms with E-state index in [2.05, 4.69) is 57.4 Å². The quantitative estimate of drug-likeness (QED) is 0.807. The van der Waals surface area contributed by atoms with Crippen LogP contribution in [0, 0.1) is 5.92 Å². The predicted molar refractivity (Wildman–Crippen MR) is 80.6 cm³/mol. The van der Waals surface area contributed by atoms with Crippen LogP contribution in [-0.4, -0.2) is 11.9 Å². The van der Waals surface area contributed by atoms with Crippen LogP contribution < -0.4 is 10.6 Å². The standard InChI is InChI=1S/C16H24N2O/c1-10(2)13-9-15(19)18-12-7-6-11(16(3,4)5)8-14(12)17-13/h6-8,10,13,17H,9H2,1-5H3,(H,18,19). The van der Waals surface area contributed by atoms with Gasteiger partial charge in [0.25, 0.3) is 0 Å². The molecule has 1 aliphatic rings. The molecule has 1 aromatic carbocycles. The van der Waals surface area contributed by atoms with Gasteiger partial charge in [-0.25, -0.2) is 0 Å². The molecule has 0 fully saturated rings. The molecule has 0 aliphatic carbocycles. The number of fused-ring (bicyclic) bond motifs is 1. The van der Waals surface area contributed by atoms with Gasteiger partial charge in [0, 0.05) is 12.5 Å². The third-order valence-corrected chi connectivity index (χ3v) is 3.71. The van der Waals surface area contributed by atoms with E-state index >= 15 is 0 Å². The largest absolute Gasteiger partial charge is 0.380 e. The molecule has 2 N–H and O–H groups in total. The average Bonchev–Trinajstić information content (AvgIpc) is 2.44. The SMILES string of the molecule is CC(C)C1CC(=O)Nc2ccc(C(C)(C)C)cc2N1. The van der Waals surface area contributed by atoms with Crippen molar-refractivity contribution in [1.82, 2.24) is 0 Å². The Morgan fingerprint density at radius 1 is 1.21 bits per heavy atom. The second-order valence-corrected chi connectivity index (χ2v) is 6.76. The lowest BCUT2D eigenvalue weighted by atomic mass is 9.86. The van der Waals surface area contributed by atoms with E-state index in [1.54, 1.807) is 0 Å². The number of hydrogen-bond acceptors (Lipinski definition) is 2. The Kier molecular flexibility index (Phi) is 3.57. The molecule has 0 aromatic heterocycles. The van der Waals surface area contributed by atoms with Gasteiger partial charge in [-0.05, 0) is 29.0 Å². The first-order valence-electron chi connectivity index (χ1n) is 6.98. The average molecular weight is 260 g/mol. The topological polar surface area (TPSA) is 41.1 Å². The van der Waals surface area contributed by atoms with Gasteiger partial charge in [-0.1, -0.05) is 40.7 Å². The lowest BCUT2D eigenvalue weighted by Crippen LogP contribution is -2.28. The van der Waals surface area contributed by atoms with Gasteiger partial charge in [-0.2, -0.15) is 0 Å². The van der Waals surface area contributed by atoms with Crippen molar-refractivity contribution in [3.63, 3.8) is 0 Å². The van der Waals surface area contributed by atoms with E-state index in [0.29, 0.717) is 12.3 Å². The van der Waals surface area contributed by atoms with Crippen LogP contribution in [-0.2, 0) is 10.2 Å². The molecule has 1 aliphatic heterocycles. The van der Waals surface area contributed by atoms with E-state index < -0.39 is 0 Å². The molecule has 0 radical (unpaired) electrons. The van der Waals surface area contributed by atoms with E-state index in [1.807, 2.05) is 6.07 Å². The van der Waals surface area contributed by atoms with E-state index in [9.17, 15) is 4.79 Å². The van der Waals surface area contributed by atoms with Crippen LogP contribution in [0.15, 0.2) is 18.2 Å². The summed E-state index contributed by atoms with van der Waals surface area (Å²) >= 11 is 0. The van der Waals surface area contributed by atoms with E-state index in [4.69, 9.17) is 0 Å². The first kappa shape index (κ1) is 13.9. The van der Waals surface area contributed by atoms with Gasteiger partial charge in [0.1, 0.15) is 0 Å². The predicted octanol–water partition coefficient (Wildman–Crippen LogP) is 3.76. The summed E-state index contributed by atoms with van der Waals surface area (Å²) in [5.41, 5.74) is 3.32. The summed E-state index contributed by atoms with van der Waals surface area (Å²) in [4.78, 5) is 11.9. The Balaban J connectivity index is 2.40. The zero-order valence-electron chi connectivity index (χ0n) is 12.5. The molecular formula is C16H24N2O. The summed E-state index contributed by atoms with van der Waals surface area (Å²) in [5, 5.41) is 6.50. The smallest absolute Gasteiger partial charge is 0.226 e. The number of rotatable bonds is 1. The summed E-state index contributed by atoms with van der Waals surface area (Å²) in [6.45, 7) is 10.9. The molecule has 3 nitrogen and oxygen atoms in total. The first-order valence-corrected chi connectivity index (χ1v) is 6.98. The van der Waals surface area contributed by atoms with Gasteiger partial charge in [-0.15, -0.1) is 0 Å². The third kappa shape index (κ3) is 3.09. The number of carbonyl (C=O) groups excluding carboxylic acids is 1. The van der Waals surface area contributed by atoms with Crippen molar-refractivity contribution in [2.75, 3.05) is 10.6 Å². The highest BCUT2D eigenvalue weighted by Gasteiger charge is 2.24. The van der Waals surface area contributed by atoms with Gasteiger partial charge in [0.15, 0.2) is 0 Å². The summed E-state index contributed by atoms with van der Waals surface area (Å²) in [7, 11) is 0. The normalized spacial score (nSPS) is 19.5. The number of hydrogen-bond donors (Lipinski definition) is 2. The van der Waals surface area contributed by atoms with Gasteiger partial charge in [0.2, 0.25) is 5.91 Å². The van der Waals surface area contributed by atoms with Crippen LogP contribution in [0.3, 0.4) is 0 Å². The van der Waals surface area contributed by atoms with Gasteiger partial charge in [0.05, 0.1) is 11.4 Å². The minimum absolute atomic E-state index is 0.0912. The number of anilines is 2. The van der Waals surface area contributed by atoms with Crippen molar-refractivity contribution in [3.8, 4) is 0 Å². The number of benzene rings is 1. The van der Waals surface area contributed by atoms with Crippen LogP contribution in [0.4, 0.5) is 11.4 Å². The van der Waals surface area contributed by atoms with Crippen molar-refractivity contribution in [2.45, 2.75) is 52.5 Å². The summed E-state index contributed by atoms with van der Waals surface area (Å²) in [6.07, 6.45) is 0.525. The van der Waals surface area contributed by atoms with Crippen molar-refractivity contribution in [3.05, 3.63) is 23.8 Å². The molecule has 0 saturated carbocycles. The zero-order valence-corrected chi connectivity index (χ0v) is 12.5. The second kappa shape index (κ2) is 4.87. The van der Waals surface area contributed by atoms with E-state index in [0.717, 1.165) is 11.4 Å². The van der Waals surface area contributed by atoms with Crippen LogP contribution >= 0.6 is 0 Å². The molecule has 1 amide bonds. The molecule has 3 heteroatoms. The molecule has 1 atom stereocenters. The van der Waals surface area contributed by atoms with Crippen LogP contribution in [0.5, 0.6) is 0 Å². The molecular weight excluding hydrogens is 236 g/mol. The minimum atomic E-state index is 0.0912. The highest BCUT2D eigenvalue weighted by Crippen LogP contribution is 2.33. The number of nitrogens with one attached hydrogen (secondary N) is 2. The molecule has 2 rings (SSSR count). The van der Waals surface area contributed by atoms with Crippen LogP contribution in [0.25, 0.3) is 0 Å². The summed E-state index contributed by atoms with van der Waals surface area (Å²) in [5.74, 6) is 0.517. The Morgan fingerprint density at radius 2 is 1.89 bits per heavy atom. The van der Waals surface area contributed by atoms with Gasteiger partial charge in [-0.3, -0.25) is 4.79 Å². The minimum Gasteiger partial charge on any atom is -0.380 e. The molecule has 1 unspecified atom stereocenters. The van der Waals surface area contributed by atoms with Crippen molar-refractivity contribution < 1.29 is 4.79 Å². The Labute approximate surface area is 115 Å². The molecule has 1 aromatic rings. The fraction of sp³-hybridized carbons (Fsp3) is 0.562. The fourth-order valence-electron chi connectivity index (χ4n) is 2.29. The van der Waals surface area contributed by atoms with Crippen LogP contribution in [0.2, 0.25) is 0 Å². The lowest BCUT2D eigenvalue weighted by Gasteiger charge is -2.23. The number of amides is 1. The van der Waals surface area contributed by atoms with Crippen molar-refractivity contribution in [2.24, 2.45) is 5.92 Å². The Hall–Kier alpha value is -1.51. The van der Waals surface area contributed by atoms with E-state index in [1.165, 1.54) is 5.56 Å². The Bertz CT molecular complexity index is 486. The lowest BCUT2D eigenvalue weighted by molar-refractivity contribution is -0.116. The summed E-state index contributed by atoms with van der Waals surface area (Å²) in [6, 6.07) is 6.45. The highest BCUT2D eigenvalue weighted by atomic mass is 16.1. The van der Waals surface area contributed by atoms with Crippen molar-refractivity contribution in [1.29, 1.82) is 0 Å². The maximum absolute atomic E-state index is 11.9. The van der Waals surface area contributed by atoms with Crippen molar-refractivity contribution >= 4 is 17.3 Å². The molecule has 0 saturated heterocycles. The molecule has 0 bridgehead atoms. The highest BCUT2D eigenvalue weighted by molar-refractivity contribution is 5.96. The first-order chi connectivity index (χ1) is 8.77. The fourth-order valence-corrected chi connectivity index (χ4v) is 2.29. The molecule has 1 heterocycles. The maximum atomic E-state index is 11.9. The van der Waals surface area contributed by atoms with Crippen LogP contribution in [0.1, 0.15) is 46.6 Å². The zero-order chi connectivity index (χ0) is 14.2. The van der Waals surface area contributed by atoms with Gasteiger partial charge >= 0.3 is 0 Å². The molecule has 104 valence electrons. The molecule has 19 heavy (non-hydrogen) atoms. The maximum Gasteiger partial charge on any atom is 0.226 e. The Morgan fingerprint density at radius 3 is 2.47 bits per heavy atom. The molecule has 0 spiro atoms. The number of carbonyl (C=O) groups is 1. The summed E-state index contributed by atoms with van der Waals surface area (Å²) < 4.78 is 0. The van der Waals surface area contributed by atoms with E-state index in [-0.39, 0.29) is 17.4 Å². The third-order valence-electron chi connectivity index (χ3n) is 3.71. The monoisotopic (exact) mass is 260 g/mol. The second-order valence-electron chi connectivity index (χ2n) is 6.76.